The van der Waals surface area contributed by atoms with Gasteiger partial charge in [-0.3, -0.25) is 14.3 Å². The van der Waals surface area contributed by atoms with Crippen LogP contribution in [0.2, 0.25) is 0 Å². The minimum Gasteiger partial charge on any atom is -0.394 e. The molecule has 0 fully saturated rings. The highest BCUT2D eigenvalue weighted by molar-refractivity contribution is 7.46. The van der Waals surface area contributed by atoms with E-state index in [1.54, 1.807) is 0 Å². The average Bonchev–Trinajstić information content (AvgIpc) is 2.42. The van der Waals surface area contributed by atoms with Gasteiger partial charge in [0.25, 0.3) is 5.56 Å². The van der Waals surface area contributed by atoms with E-state index in [-0.39, 0.29) is 29.7 Å². The molecule has 0 saturated carbocycles. The van der Waals surface area contributed by atoms with E-state index in [0.29, 0.717) is 0 Å². The Morgan fingerprint density at radius 3 is 2.73 bits per heavy atom. The second-order valence-corrected chi connectivity index (χ2v) is 5.56. The van der Waals surface area contributed by atoms with E-state index in [1.807, 2.05) is 0 Å². The van der Waals surface area contributed by atoms with Crippen molar-refractivity contribution in [3.05, 3.63) is 10.4 Å². The summed E-state index contributed by atoms with van der Waals surface area (Å²) in [6, 6.07) is 0. The molecular weight excluding hydrogens is 321 g/mol. The molecular formula is C9H14N5O7P. The van der Waals surface area contributed by atoms with Crippen molar-refractivity contribution in [2.24, 2.45) is 4.99 Å². The minimum absolute atomic E-state index is 0.0583. The molecule has 0 unspecified atom stereocenters. The second kappa shape index (κ2) is 6.12. The first kappa shape index (κ1) is 16.5. The molecule has 0 spiro atoms. The number of aliphatic hydroxyl groups is 2. The molecule has 0 aliphatic carbocycles. The van der Waals surface area contributed by atoms with Gasteiger partial charge in [0.1, 0.15) is 12.2 Å². The summed E-state index contributed by atoms with van der Waals surface area (Å²) < 4.78 is 15.1. The smallest absolute Gasteiger partial charge is 0.394 e. The monoisotopic (exact) mass is 335 g/mol. The van der Waals surface area contributed by atoms with Gasteiger partial charge in [0, 0.05) is 0 Å². The summed E-state index contributed by atoms with van der Waals surface area (Å²) in [5, 5.41) is 21.8. The van der Waals surface area contributed by atoms with Gasteiger partial charge in [-0.2, -0.15) is 4.98 Å². The molecule has 0 aromatic carbocycles. The first-order chi connectivity index (χ1) is 10.2. The largest absolute Gasteiger partial charge is 0.470 e. The molecule has 2 atom stereocenters. The van der Waals surface area contributed by atoms with Crippen LogP contribution in [0.1, 0.15) is 0 Å². The Bertz CT molecular complexity index is 698. The third-order valence-corrected chi connectivity index (χ3v) is 3.30. The highest BCUT2D eigenvalue weighted by Gasteiger charge is 2.32. The lowest BCUT2D eigenvalue weighted by Crippen LogP contribution is -2.42. The lowest BCUT2D eigenvalue weighted by molar-refractivity contribution is 0.0153. The number of nitrogen functional groups attached to an aromatic ring is 1. The van der Waals surface area contributed by atoms with E-state index < -0.39 is 32.2 Å². The molecule has 0 amide bonds. The maximum atomic E-state index is 11.7. The predicted molar refractivity (Wildman–Crippen MR) is 74.9 cm³/mol. The number of fused-ring (bicyclic) bond motifs is 1. The summed E-state index contributed by atoms with van der Waals surface area (Å²) in [5.74, 6) is -0.0119. The van der Waals surface area contributed by atoms with Gasteiger partial charge >= 0.3 is 7.82 Å². The number of nitrogens with zero attached hydrogens (tertiary/aromatic N) is 2. The number of phosphoric acid groups is 1. The van der Waals surface area contributed by atoms with E-state index in [4.69, 9.17) is 20.6 Å². The van der Waals surface area contributed by atoms with Crippen LogP contribution in [0, 0.1) is 0 Å². The number of aliphatic hydroxyl groups excluding tert-OH is 2. The van der Waals surface area contributed by atoms with Gasteiger partial charge in [-0.1, -0.05) is 0 Å². The van der Waals surface area contributed by atoms with Crippen LogP contribution < -0.4 is 16.6 Å². The van der Waals surface area contributed by atoms with Crippen LogP contribution in [0.5, 0.6) is 0 Å². The Kier molecular flexibility index (Phi) is 4.60. The van der Waals surface area contributed by atoms with Crippen molar-refractivity contribution in [2.45, 2.75) is 12.2 Å². The highest BCUT2D eigenvalue weighted by Crippen LogP contribution is 2.38. The normalized spacial score (nSPS) is 17.2. The number of H-pyrrole nitrogens is 1. The number of aliphatic imine (C=N–C) groups is 1. The Morgan fingerprint density at radius 1 is 1.45 bits per heavy atom. The van der Waals surface area contributed by atoms with Crippen molar-refractivity contribution in [1.29, 1.82) is 0 Å². The van der Waals surface area contributed by atoms with Crippen LogP contribution in [-0.2, 0) is 9.09 Å². The van der Waals surface area contributed by atoms with Gasteiger partial charge < -0.3 is 31.1 Å². The van der Waals surface area contributed by atoms with Crippen LogP contribution in [0.25, 0.3) is 0 Å². The number of phosphoric ester groups is 1. The van der Waals surface area contributed by atoms with Crippen LogP contribution in [0.3, 0.4) is 0 Å². The van der Waals surface area contributed by atoms with E-state index in [9.17, 15) is 14.5 Å². The van der Waals surface area contributed by atoms with Crippen molar-refractivity contribution in [1.82, 2.24) is 9.97 Å². The molecule has 13 heteroatoms. The second-order valence-electron chi connectivity index (χ2n) is 4.37. The van der Waals surface area contributed by atoms with Gasteiger partial charge in [0.15, 0.2) is 11.5 Å². The number of rotatable bonds is 5. The number of hydrogen-bond acceptors (Lipinski definition) is 9. The van der Waals surface area contributed by atoms with E-state index in [1.165, 1.54) is 0 Å². The third-order valence-electron chi connectivity index (χ3n) is 2.75. The van der Waals surface area contributed by atoms with Crippen LogP contribution in [0.4, 0.5) is 17.5 Å². The molecule has 1 aromatic heterocycles. The van der Waals surface area contributed by atoms with Gasteiger partial charge in [-0.15, -0.1) is 0 Å². The fourth-order valence-corrected chi connectivity index (χ4v) is 2.36. The predicted octanol–water partition coefficient (Wildman–Crippen LogP) is -2.32. The van der Waals surface area contributed by atoms with Crippen LogP contribution in [-0.4, -0.2) is 61.0 Å². The molecule has 22 heavy (non-hydrogen) atoms. The molecule has 12 nitrogen and oxygen atoms in total. The number of nitrogens with two attached hydrogens (primary N) is 1. The lowest BCUT2D eigenvalue weighted by Gasteiger charge is -2.25. The maximum absolute atomic E-state index is 11.7. The summed E-state index contributed by atoms with van der Waals surface area (Å²) in [6.45, 7) is -0.945. The van der Waals surface area contributed by atoms with Crippen LogP contribution >= 0.6 is 7.82 Å². The fourth-order valence-electron chi connectivity index (χ4n) is 1.82. The quantitative estimate of drug-likeness (QED) is 0.286. The highest BCUT2D eigenvalue weighted by atomic mass is 31.2. The molecule has 0 bridgehead atoms. The number of aromatic amines is 1. The summed E-state index contributed by atoms with van der Waals surface area (Å²) in [5.41, 5.74) is 4.51. The van der Waals surface area contributed by atoms with Crippen molar-refractivity contribution in [2.75, 3.05) is 24.2 Å². The molecule has 0 saturated heterocycles. The zero-order valence-electron chi connectivity index (χ0n) is 11.0. The Labute approximate surface area is 122 Å². The molecule has 2 heterocycles. The van der Waals surface area contributed by atoms with E-state index in [2.05, 4.69) is 24.8 Å². The van der Waals surface area contributed by atoms with Gasteiger partial charge in [0.2, 0.25) is 5.95 Å². The topological polar surface area (TPSA) is 203 Å². The average molecular weight is 335 g/mol. The lowest BCUT2D eigenvalue weighted by atomic mass is 10.1. The number of nitrogens with one attached hydrogen (secondary N) is 2. The molecule has 1 aromatic rings. The third kappa shape index (κ3) is 3.68. The molecule has 1 aliphatic rings. The molecule has 122 valence electrons. The molecule has 8 N–H and O–H groups in total. The van der Waals surface area contributed by atoms with Gasteiger partial charge in [-0.05, 0) is 0 Å². The zero-order valence-corrected chi connectivity index (χ0v) is 11.9. The van der Waals surface area contributed by atoms with Crippen LogP contribution in [0.15, 0.2) is 9.79 Å². The van der Waals surface area contributed by atoms with Gasteiger partial charge in [-0.25, -0.2) is 9.56 Å². The number of anilines is 2. The van der Waals surface area contributed by atoms with Gasteiger partial charge in [0.05, 0.1) is 18.9 Å². The first-order valence-electron chi connectivity index (χ1n) is 5.95. The SMILES string of the molecule is Nc1nc2c(c(=O)[nH]1)N=C([C@H](O)[C@@H](CO)OP(=O)(O)O)CN2. The Balaban J connectivity index is 2.31. The molecule has 0 radical (unpaired) electrons. The zero-order chi connectivity index (χ0) is 16.5. The fraction of sp³-hybridized carbons (Fsp3) is 0.444. The summed E-state index contributed by atoms with van der Waals surface area (Å²) >= 11 is 0. The van der Waals surface area contributed by atoms with E-state index >= 15 is 0 Å². The van der Waals surface area contributed by atoms with Crippen molar-refractivity contribution >= 4 is 31.0 Å². The maximum Gasteiger partial charge on any atom is 0.470 e. The summed E-state index contributed by atoms with van der Waals surface area (Å²) in [6.07, 6.45) is -3.25. The molecule has 1 aliphatic heterocycles. The van der Waals surface area contributed by atoms with E-state index in [0.717, 1.165) is 0 Å². The Morgan fingerprint density at radius 2 is 2.14 bits per heavy atom. The van der Waals surface area contributed by atoms with Crippen molar-refractivity contribution in [3.63, 3.8) is 0 Å². The number of aromatic nitrogens is 2. The standard InChI is InChI=1S/C9H14N5O7P/c10-9-13-7-5(8(17)14-9)12-3(1-11-7)6(16)4(2-15)21-22(18,19)20/h4,6,15-16H,1-2H2,(H2,18,19,20)(H4,10,11,13,14,17)/t4-,6+/m1/s1. The summed E-state index contributed by atoms with van der Waals surface area (Å²) in [4.78, 5) is 39.1. The Hall–Kier alpha value is -1.82. The molecule has 2 rings (SSSR count). The van der Waals surface area contributed by atoms with Crippen molar-refractivity contribution < 1.29 is 29.1 Å². The number of hydrogen-bond donors (Lipinski definition) is 7. The van der Waals surface area contributed by atoms with Crippen molar-refractivity contribution in [3.8, 4) is 0 Å². The minimum atomic E-state index is -4.92. The summed E-state index contributed by atoms with van der Waals surface area (Å²) in [7, 11) is -4.92. The first-order valence-corrected chi connectivity index (χ1v) is 7.48.